The van der Waals surface area contributed by atoms with Gasteiger partial charge in [0.15, 0.2) is 5.96 Å². The van der Waals surface area contributed by atoms with Crippen molar-refractivity contribution in [1.82, 2.24) is 15.5 Å². The first kappa shape index (κ1) is 23.2. The van der Waals surface area contributed by atoms with Gasteiger partial charge in [0.1, 0.15) is 0 Å². The van der Waals surface area contributed by atoms with Gasteiger partial charge >= 0.3 is 0 Å². The molecule has 7 nitrogen and oxygen atoms in total. The average Bonchev–Trinajstić information content (AvgIpc) is 2.63. The van der Waals surface area contributed by atoms with E-state index in [-0.39, 0.29) is 48.3 Å². The maximum Gasteiger partial charge on any atom is 0.239 e. The summed E-state index contributed by atoms with van der Waals surface area (Å²) >= 11 is 0. The summed E-state index contributed by atoms with van der Waals surface area (Å²) in [6, 6.07) is 10.1. The summed E-state index contributed by atoms with van der Waals surface area (Å²) in [4.78, 5) is 29.5. The van der Waals surface area contributed by atoms with Gasteiger partial charge in [-0.15, -0.1) is 24.0 Å². The summed E-state index contributed by atoms with van der Waals surface area (Å²) in [5, 5.41) is 6.02. The molecule has 0 saturated carbocycles. The number of primary amides is 1. The van der Waals surface area contributed by atoms with Crippen LogP contribution in [0.3, 0.4) is 0 Å². The van der Waals surface area contributed by atoms with Crippen molar-refractivity contribution in [2.45, 2.75) is 25.7 Å². The predicted octanol–water partition coefficient (Wildman–Crippen LogP) is 1.13. The molecule has 8 heteroatoms. The maximum absolute atomic E-state index is 12.0. The Morgan fingerprint density at radius 2 is 2.00 bits per heavy atom. The maximum atomic E-state index is 12.0. The number of hydrogen-bond donors (Lipinski definition) is 3. The fourth-order valence-corrected chi connectivity index (χ4v) is 3.25. The number of nitrogens with one attached hydrogen (secondary N) is 2. The van der Waals surface area contributed by atoms with E-state index in [1.54, 1.807) is 7.05 Å². The minimum atomic E-state index is -0.266. The van der Waals surface area contributed by atoms with Crippen LogP contribution in [0.25, 0.3) is 0 Å². The van der Waals surface area contributed by atoms with Gasteiger partial charge in [0, 0.05) is 33.1 Å². The van der Waals surface area contributed by atoms with Gasteiger partial charge in [-0.3, -0.25) is 14.6 Å². The molecule has 1 aliphatic rings. The van der Waals surface area contributed by atoms with Crippen molar-refractivity contribution in [3.8, 4) is 0 Å². The highest BCUT2D eigenvalue weighted by Crippen LogP contribution is 2.19. The number of guanidine groups is 1. The number of rotatable bonds is 7. The van der Waals surface area contributed by atoms with E-state index in [1.165, 1.54) is 5.56 Å². The van der Waals surface area contributed by atoms with Crippen LogP contribution in [-0.2, 0) is 16.0 Å². The van der Waals surface area contributed by atoms with Crippen LogP contribution < -0.4 is 16.4 Å². The molecule has 2 amide bonds. The highest BCUT2D eigenvalue weighted by atomic mass is 127. The van der Waals surface area contributed by atoms with Gasteiger partial charge in [0.25, 0.3) is 0 Å². The minimum Gasteiger partial charge on any atom is -0.370 e. The van der Waals surface area contributed by atoms with E-state index in [1.807, 2.05) is 30.3 Å². The first-order chi connectivity index (χ1) is 12.6. The van der Waals surface area contributed by atoms with Crippen LogP contribution in [0.5, 0.6) is 0 Å². The number of aliphatic imine (C=N–C) groups is 1. The molecule has 1 saturated heterocycles. The van der Waals surface area contributed by atoms with Gasteiger partial charge in [-0.2, -0.15) is 0 Å². The Balaban J connectivity index is 0.00000364. The molecule has 1 atom stereocenters. The molecular formula is C19H30IN5O2. The van der Waals surface area contributed by atoms with Gasteiger partial charge in [-0.05, 0) is 30.7 Å². The monoisotopic (exact) mass is 487 g/mol. The number of carbonyl (C=O) groups is 2. The molecule has 0 radical (unpaired) electrons. The number of carbonyl (C=O) groups excluding carboxylic acids is 2. The lowest BCUT2D eigenvalue weighted by Crippen LogP contribution is -2.49. The molecule has 1 heterocycles. The van der Waals surface area contributed by atoms with Crippen LogP contribution in [0.1, 0.15) is 24.8 Å². The highest BCUT2D eigenvalue weighted by Gasteiger charge is 2.23. The number of piperidine rings is 1. The van der Waals surface area contributed by atoms with Crippen molar-refractivity contribution in [2.75, 3.05) is 33.2 Å². The Labute approximate surface area is 178 Å². The summed E-state index contributed by atoms with van der Waals surface area (Å²) in [6.07, 6.45) is 3.19. The topological polar surface area (TPSA) is 99.8 Å². The number of halogens is 1. The molecule has 2 rings (SSSR count). The van der Waals surface area contributed by atoms with Crippen LogP contribution in [0.15, 0.2) is 35.3 Å². The fourth-order valence-electron chi connectivity index (χ4n) is 3.25. The molecule has 1 aromatic carbocycles. The van der Waals surface area contributed by atoms with Crippen molar-refractivity contribution in [2.24, 2.45) is 16.6 Å². The Hall–Kier alpha value is -1.84. The van der Waals surface area contributed by atoms with Crippen molar-refractivity contribution >= 4 is 41.8 Å². The van der Waals surface area contributed by atoms with Crippen molar-refractivity contribution in [1.29, 1.82) is 0 Å². The van der Waals surface area contributed by atoms with E-state index < -0.39 is 0 Å². The van der Waals surface area contributed by atoms with Crippen LogP contribution in [-0.4, -0.2) is 55.9 Å². The summed E-state index contributed by atoms with van der Waals surface area (Å²) in [5.74, 6) is 0.613. The van der Waals surface area contributed by atoms with E-state index in [4.69, 9.17) is 5.73 Å². The van der Waals surface area contributed by atoms with E-state index in [2.05, 4.69) is 20.5 Å². The lowest BCUT2D eigenvalue weighted by molar-refractivity contribution is -0.120. The zero-order valence-corrected chi connectivity index (χ0v) is 18.1. The number of amides is 2. The minimum absolute atomic E-state index is 0. The van der Waals surface area contributed by atoms with Crippen LogP contribution in [0, 0.1) is 5.92 Å². The Morgan fingerprint density at radius 3 is 2.67 bits per heavy atom. The molecule has 150 valence electrons. The van der Waals surface area contributed by atoms with Crippen LogP contribution in [0.4, 0.5) is 0 Å². The van der Waals surface area contributed by atoms with E-state index in [0.29, 0.717) is 18.9 Å². The third-order valence-electron chi connectivity index (χ3n) is 4.51. The van der Waals surface area contributed by atoms with Crippen molar-refractivity contribution < 1.29 is 9.59 Å². The van der Waals surface area contributed by atoms with Crippen molar-refractivity contribution in [3.05, 3.63) is 35.9 Å². The zero-order valence-electron chi connectivity index (χ0n) is 15.8. The number of hydrogen-bond acceptors (Lipinski definition) is 3. The van der Waals surface area contributed by atoms with Crippen LogP contribution in [0.2, 0.25) is 0 Å². The smallest absolute Gasteiger partial charge is 0.239 e. The lowest BCUT2D eigenvalue weighted by Gasteiger charge is -2.34. The molecule has 1 aromatic rings. The standard InChI is InChI=1S/C19H29N5O2.HI/c1-21-19(24-11-5-8-16(14-24)12-17(20)25)23-13-18(26)22-10-9-15-6-3-2-4-7-15;/h2-4,6-7,16H,5,8-14H2,1H3,(H2,20,25)(H,21,23)(H,22,26);1H. The molecule has 27 heavy (non-hydrogen) atoms. The second-order valence-electron chi connectivity index (χ2n) is 6.61. The molecule has 1 unspecified atom stereocenters. The van der Waals surface area contributed by atoms with Crippen LogP contribution >= 0.6 is 24.0 Å². The number of benzene rings is 1. The molecule has 0 aliphatic carbocycles. The molecule has 0 bridgehead atoms. The Bertz CT molecular complexity index is 624. The molecule has 1 fully saturated rings. The molecule has 1 aliphatic heterocycles. The Morgan fingerprint density at radius 1 is 1.26 bits per heavy atom. The van der Waals surface area contributed by atoms with Gasteiger partial charge in [-0.25, -0.2) is 0 Å². The third kappa shape index (κ3) is 8.59. The largest absolute Gasteiger partial charge is 0.370 e. The molecular weight excluding hydrogens is 457 g/mol. The van der Waals surface area contributed by atoms with Gasteiger partial charge in [0.05, 0.1) is 6.54 Å². The van der Waals surface area contributed by atoms with E-state index in [9.17, 15) is 9.59 Å². The molecule has 0 spiro atoms. The second kappa shape index (κ2) is 12.5. The predicted molar refractivity (Wildman–Crippen MR) is 118 cm³/mol. The summed E-state index contributed by atoms with van der Waals surface area (Å²) < 4.78 is 0. The van der Waals surface area contributed by atoms with E-state index >= 15 is 0 Å². The number of likely N-dealkylation sites (tertiary alicyclic amines) is 1. The quantitative estimate of drug-likeness (QED) is 0.305. The van der Waals surface area contributed by atoms with Gasteiger partial charge < -0.3 is 21.3 Å². The molecule has 0 aromatic heterocycles. The lowest BCUT2D eigenvalue weighted by atomic mass is 9.95. The normalized spacial score (nSPS) is 17.0. The fraction of sp³-hybridized carbons (Fsp3) is 0.526. The SMILES string of the molecule is CN=C(NCC(=O)NCCc1ccccc1)N1CCCC(CC(N)=O)C1.I. The Kier molecular flexibility index (Phi) is 10.8. The summed E-state index contributed by atoms with van der Waals surface area (Å²) in [5.41, 5.74) is 6.51. The number of nitrogens with two attached hydrogens (primary N) is 1. The summed E-state index contributed by atoms with van der Waals surface area (Å²) in [6.45, 7) is 2.38. The highest BCUT2D eigenvalue weighted by molar-refractivity contribution is 14.0. The molecule has 4 N–H and O–H groups in total. The van der Waals surface area contributed by atoms with Crippen molar-refractivity contribution in [3.63, 3.8) is 0 Å². The van der Waals surface area contributed by atoms with Gasteiger partial charge in [0.2, 0.25) is 11.8 Å². The first-order valence-corrected chi connectivity index (χ1v) is 9.13. The third-order valence-corrected chi connectivity index (χ3v) is 4.51. The second-order valence-corrected chi connectivity index (χ2v) is 6.61. The van der Waals surface area contributed by atoms with E-state index in [0.717, 1.165) is 32.4 Å². The van der Waals surface area contributed by atoms with Gasteiger partial charge in [-0.1, -0.05) is 30.3 Å². The number of nitrogens with zero attached hydrogens (tertiary/aromatic N) is 2. The average molecular weight is 487 g/mol. The zero-order chi connectivity index (χ0) is 18.8. The first-order valence-electron chi connectivity index (χ1n) is 9.13. The summed E-state index contributed by atoms with van der Waals surface area (Å²) in [7, 11) is 1.70.